The van der Waals surface area contributed by atoms with Gasteiger partial charge < -0.3 is 10.6 Å². The van der Waals surface area contributed by atoms with Crippen LogP contribution >= 0.6 is 0 Å². The first-order valence-corrected chi connectivity index (χ1v) is 10.9. The van der Waals surface area contributed by atoms with Gasteiger partial charge in [-0.2, -0.15) is 4.31 Å². The van der Waals surface area contributed by atoms with Crippen molar-refractivity contribution >= 4 is 27.6 Å². The molecule has 0 radical (unpaired) electrons. The molecule has 1 heterocycles. The Balaban J connectivity index is 1.53. The van der Waals surface area contributed by atoms with Crippen LogP contribution in [-0.2, 0) is 19.6 Å². The van der Waals surface area contributed by atoms with Gasteiger partial charge in [0, 0.05) is 30.6 Å². The molecule has 28 heavy (non-hydrogen) atoms. The molecule has 8 nitrogen and oxygen atoms in total. The molecular weight excluding hydrogens is 382 g/mol. The van der Waals surface area contributed by atoms with Gasteiger partial charge in [0.15, 0.2) is 5.78 Å². The number of hydrogen-bond donors (Lipinski definition) is 2. The largest absolute Gasteiger partial charge is 0.352 e. The van der Waals surface area contributed by atoms with E-state index >= 15 is 0 Å². The van der Waals surface area contributed by atoms with Gasteiger partial charge in [0.2, 0.25) is 21.8 Å². The summed E-state index contributed by atoms with van der Waals surface area (Å²) >= 11 is 0. The van der Waals surface area contributed by atoms with E-state index in [1.54, 1.807) is 12.1 Å². The Hall–Kier alpha value is -2.26. The molecule has 1 saturated carbocycles. The third-order valence-electron chi connectivity index (χ3n) is 5.07. The van der Waals surface area contributed by atoms with Gasteiger partial charge in [0.05, 0.1) is 11.4 Å². The van der Waals surface area contributed by atoms with Crippen LogP contribution in [0.25, 0.3) is 0 Å². The minimum Gasteiger partial charge on any atom is -0.352 e. The van der Waals surface area contributed by atoms with E-state index in [4.69, 9.17) is 0 Å². The van der Waals surface area contributed by atoms with Crippen molar-refractivity contribution in [3.05, 3.63) is 29.8 Å². The van der Waals surface area contributed by atoms with Crippen molar-refractivity contribution in [3.8, 4) is 0 Å². The lowest BCUT2D eigenvalue weighted by atomic mass is 9.97. The molecule has 0 unspecified atom stereocenters. The van der Waals surface area contributed by atoms with E-state index in [9.17, 15) is 22.8 Å². The quantitative estimate of drug-likeness (QED) is 0.646. The van der Waals surface area contributed by atoms with Gasteiger partial charge in [-0.15, -0.1) is 0 Å². The van der Waals surface area contributed by atoms with E-state index in [-0.39, 0.29) is 54.1 Å². The maximum absolute atomic E-state index is 12.8. The molecule has 0 spiro atoms. The molecule has 2 aliphatic rings. The Bertz CT molecular complexity index is 871. The summed E-state index contributed by atoms with van der Waals surface area (Å²) in [7, 11) is -3.71. The molecule has 1 aliphatic carbocycles. The van der Waals surface area contributed by atoms with Crippen LogP contribution in [0, 0.1) is 5.92 Å². The SMILES string of the molecule is CC(=O)c1cccc(S(=O)(=O)N2CCC(C(=O)NCC(=O)NC3CC3)CC2)c1. The summed E-state index contributed by atoms with van der Waals surface area (Å²) in [5.74, 6) is -0.926. The summed E-state index contributed by atoms with van der Waals surface area (Å²) in [6.45, 7) is 1.78. The number of hydrogen-bond acceptors (Lipinski definition) is 5. The first-order chi connectivity index (χ1) is 13.3. The number of amides is 2. The van der Waals surface area contributed by atoms with E-state index in [1.807, 2.05) is 0 Å². The second kappa shape index (κ2) is 8.40. The number of benzene rings is 1. The predicted octanol–water partition coefficient (Wildman–Crippen LogP) is 0.685. The lowest BCUT2D eigenvalue weighted by Gasteiger charge is -2.30. The van der Waals surface area contributed by atoms with Gasteiger partial charge in [0.25, 0.3) is 0 Å². The lowest BCUT2D eigenvalue weighted by Crippen LogP contribution is -2.45. The van der Waals surface area contributed by atoms with E-state index in [0.717, 1.165) is 12.8 Å². The minimum atomic E-state index is -3.71. The van der Waals surface area contributed by atoms with Crippen LogP contribution in [0.2, 0.25) is 0 Å². The standard InChI is InChI=1S/C19H25N3O5S/c1-13(23)15-3-2-4-17(11-15)28(26,27)22-9-7-14(8-10-22)19(25)20-12-18(24)21-16-5-6-16/h2-4,11,14,16H,5-10,12H2,1H3,(H,20,25)(H,21,24). The van der Waals surface area contributed by atoms with Gasteiger partial charge in [0.1, 0.15) is 0 Å². The molecule has 1 aromatic carbocycles. The number of carbonyl (C=O) groups is 3. The molecular formula is C19H25N3O5S. The second-order valence-corrected chi connectivity index (χ2v) is 9.26. The van der Waals surface area contributed by atoms with Crippen LogP contribution in [-0.4, -0.2) is 56.0 Å². The molecule has 152 valence electrons. The third kappa shape index (κ3) is 4.96. The molecule has 1 saturated heterocycles. The lowest BCUT2D eigenvalue weighted by molar-refractivity contribution is -0.129. The Kier molecular flexibility index (Phi) is 6.14. The first-order valence-electron chi connectivity index (χ1n) is 9.45. The van der Waals surface area contributed by atoms with Crippen LogP contribution in [0.3, 0.4) is 0 Å². The number of nitrogens with one attached hydrogen (secondary N) is 2. The van der Waals surface area contributed by atoms with Gasteiger partial charge in [-0.3, -0.25) is 14.4 Å². The number of ketones is 1. The summed E-state index contributed by atoms with van der Waals surface area (Å²) in [4.78, 5) is 35.5. The van der Waals surface area contributed by atoms with Gasteiger partial charge in [-0.05, 0) is 44.7 Å². The van der Waals surface area contributed by atoms with E-state index in [0.29, 0.717) is 18.4 Å². The highest BCUT2D eigenvalue weighted by Crippen LogP contribution is 2.24. The van der Waals surface area contributed by atoms with E-state index in [2.05, 4.69) is 10.6 Å². The maximum Gasteiger partial charge on any atom is 0.243 e. The zero-order chi connectivity index (χ0) is 20.3. The molecule has 0 atom stereocenters. The first kappa shape index (κ1) is 20.5. The molecule has 0 bridgehead atoms. The van der Waals surface area contributed by atoms with Crippen molar-refractivity contribution in [2.45, 2.75) is 43.5 Å². The fraction of sp³-hybridized carbons (Fsp3) is 0.526. The minimum absolute atomic E-state index is 0.0499. The fourth-order valence-corrected chi connectivity index (χ4v) is 4.72. The summed E-state index contributed by atoms with van der Waals surface area (Å²) in [6, 6.07) is 6.24. The summed E-state index contributed by atoms with van der Waals surface area (Å²) in [5, 5.41) is 5.44. The number of rotatable bonds is 7. The fourth-order valence-electron chi connectivity index (χ4n) is 3.20. The average molecular weight is 407 g/mol. The number of nitrogens with zero attached hydrogens (tertiary/aromatic N) is 1. The molecule has 1 aromatic rings. The zero-order valence-electron chi connectivity index (χ0n) is 15.8. The highest BCUT2D eigenvalue weighted by Gasteiger charge is 2.32. The van der Waals surface area contributed by atoms with Crippen molar-refractivity contribution in [2.24, 2.45) is 5.92 Å². The Morgan fingerprint density at radius 1 is 1.11 bits per heavy atom. The summed E-state index contributed by atoms with van der Waals surface area (Å²) < 4.78 is 27.0. The van der Waals surface area contributed by atoms with Crippen LogP contribution in [0.4, 0.5) is 0 Å². The van der Waals surface area contributed by atoms with Gasteiger partial charge in [-0.25, -0.2) is 8.42 Å². The Labute approximate surface area is 164 Å². The Morgan fingerprint density at radius 3 is 2.39 bits per heavy atom. The molecule has 2 fully saturated rings. The smallest absolute Gasteiger partial charge is 0.243 e. The summed E-state index contributed by atoms with van der Waals surface area (Å²) in [6.07, 6.45) is 2.76. The average Bonchev–Trinajstić information content (AvgIpc) is 3.50. The van der Waals surface area contributed by atoms with Crippen molar-refractivity contribution in [2.75, 3.05) is 19.6 Å². The van der Waals surface area contributed by atoms with Crippen molar-refractivity contribution in [1.82, 2.24) is 14.9 Å². The molecule has 1 aliphatic heterocycles. The highest BCUT2D eigenvalue weighted by atomic mass is 32.2. The monoisotopic (exact) mass is 407 g/mol. The van der Waals surface area contributed by atoms with Crippen LogP contribution in [0.5, 0.6) is 0 Å². The number of Topliss-reactive ketones (excluding diaryl/α,β-unsaturated/α-hetero) is 1. The predicted molar refractivity (Wildman–Crippen MR) is 102 cm³/mol. The van der Waals surface area contributed by atoms with E-state index < -0.39 is 10.0 Å². The highest BCUT2D eigenvalue weighted by molar-refractivity contribution is 7.89. The van der Waals surface area contributed by atoms with Crippen molar-refractivity contribution < 1.29 is 22.8 Å². The van der Waals surface area contributed by atoms with Crippen LogP contribution < -0.4 is 10.6 Å². The maximum atomic E-state index is 12.8. The number of piperidine rings is 1. The van der Waals surface area contributed by atoms with Crippen LogP contribution in [0.1, 0.15) is 43.0 Å². The van der Waals surface area contributed by atoms with E-state index in [1.165, 1.54) is 23.4 Å². The molecule has 9 heteroatoms. The second-order valence-electron chi connectivity index (χ2n) is 7.32. The van der Waals surface area contributed by atoms with Gasteiger partial charge in [-0.1, -0.05) is 12.1 Å². The molecule has 3 rings (SSSR count). The third-order valence-corrected chi connectivity index (χ3v) is 6.96. The Morgan fingerprint density at radius 2 is 1.79 bits per heavy atom. The van der Waals surface area contributed by atoms with Crippen molar-refractivity contribution in [3.63, 3.8) is 0 Å². The topological polar surface area (TPSA) is 113 Å². The number of sulfonamides is 1. The van der Waals surface area contributed by atoms with Crippen molar-refractivity contribution in [1.29, 1.82) is 0 Å². The molecule has 0 aromatic heterocycles. The molecule has 2 amide bonds. The van der Waals surface area contributed by atoms with Crippen LogP contribution in [0.15, 0.2) is 29.2 Å². The molecule has 2 N–H and O–H groups in total. The summed E-state index contributed by atoms with van der Waals surface area (Å²) in [5.41, 5.74) is 0.347. The van der Waals surface area contributed by atoms with Gasteiger partial charge >= 0.3 is 0 Å². The normalized spacial score (nSPS) is 18.5. The zero-order valence-corrected chi connectivity index (χ0v) is 16.6. The number of carbonyl (C=O) groups excluding carboxylic acids is 3.